The van der Waals surface area contributed by atoms with Crippen molar-refractivity contribution in [2.24, 2.45) is 0 Å². The van der Waals surface area contributed by atoms with Crippen LogP contribution in [-0.2, 0) is 30.6 Å². The third kappa shape index (κ3) is 11.6. The fraction of sp³-hybridized carbons (Fsp3) is 0.214. The molecular formula is C14H19HfO-3. The molecule has 0 unspecified atom stereocenters. The third-order valence-electron chi connectivity index (χ3n) is 1.66. The molecule has 0 bridgehead atoms. The van der Waals surface area contributed by atoms with E-state index in [0.29, 0.717) is 0 Å². The molecular weight excluding hydrogens is 363 g/mol. The summed E-state index contributed by atoms with van der Waals surface area (Å²) in [4.78, 5) is 0. The van der Waals surface area contributed by atoms with Crippen LogP contribution in [0.5, 0.6) is 0 Å². The van der Waals surface area contributed by atoms with Crippen LogP contribution in [0.1, 0.15) is 11.1 Å². The second-order valence-corrected chi connectivity index (χ2v) is 3.21. The largest absolute Gasteiger partial charge is 0.557 e. The first-order valence-electron chi connectivity index (χ1n) is 4.85. The van der Waals surface area contributed by atoms with Crippen molar-refractivity contribution < 1.29 is 30.6 Å². The van der Waals surface area contributed by atoms with E-state index in [1.807, 2.05) is 24.3 Å². The average Bonchev–Trinajstić information content (AvgIpc) is 2.81. The van der Waals surface area contributed by atoms with Gasteiger partial charge in [-0.2, -0.15) is 35.4 Å². The van der Waals surface area contributed by atoms with Crippen LogP contribution >= 0.6 is 0 Å². The summed E-state index contributed by atoms with van der Waals surface area (Å²) in [6.07, 6.45) is 0. The predicted molar refractivity (Wildman–Crippen MR) is 65.9 cm³/mol. The zero-order valence-corrected chi connectivity index (χ0v) is 13.8. The molecule has 0 N–H and O–H groups in total. The van der Waals surface area contributed by atoms with Crippen molar-refractivity contribution in [1.82, 2.24) is 0 Å². The Morgan fingerprint density at radius 2 is 1.00 bits per heavy atom. The van der Waals surface area contributed by atoms with Gasteiger partial charge >= 0.3 is 0 Å². The van der Waals surface area contributed by atoms with Gasteiger partial charge in [0, 0.05) is 25.8 Å². The zero-order valence-electron chi connectivity index (χ0n) is 10.2. The molecule has 0 aliphatic heterocycles. The van der Waals surface area contributed by atoms with Crippen LogP contribution in [-0.4, -0.2) is 7.11 Å². The Kier molecular flexibility index (Phi) is 14.1. The summed E-state index contributed by atoms with van der Waals surface area (Å²) in [5.74, 6) is 0. The van der Waals surface area contributed by atoms with E-state index in [-0.39, 0.29) is 25.8 Å². The van der Waals surface area contributed by atoms with E-state index in [1.165, 1.54) is 18.2 Å². The zero-order chi connectivity index (χ0) is 11.5. The maximum absolute atomic E-state index is 4.00. The van der Waals surface area contributed by atoms with Crippen molar-refractivity contribution in [3.63, 3.8) is 0 Å². The summed E-state index contributed by atoms with van der Waals surface area (Å²) < 4.78 is 4.00. The van der Waals surface area contributed by atoms with Crippen molar-refractivity contribution in [3.05, 3.63) is 66.8 Å². The van der Waals surface area contributed by atoms with Crippen molar-refractivity contribution in [1.29, 1.82) is 0 Å². The molecule has 0 aliphatic carbocycles. The number of hydrogen-bond donors (Lipinski definition) is 0. The van der Waals surface area contributed by atoms with Crippen LogP contribution in [0.4, 0.5) is 0 Å². The first-order chi connectivity index (χ1) is 7.20. The van der Waals surface area contributed by atoms with Crippen LogP contribution in [0, 0.1) is 21.0 Å². The fourth-order valence-corrected chi connectivity index (χ4v) is 0.940. The Morgan fingerprint density at radius 1 is 0.812 bits per heavy atom. The molecule has 0 saturated carbocycles. The van der Waals surface area contributed by atoms with Crippen molar-refractivity contribution in [2.75, 3.05) is 7.11 Å². The van der Waals surface area contributed by atoms with E-state index in [9.17, 15) is 0 Å². The summed E-state index contributed by atoms with van der Waals surface area (Å²) in [5, 5.41) is 0. The Labute approximate surface area is 118 Å². The second kappa shape index (κ2) is 12.6. The van der Waals surface area contributed by atoms with E-state index in [0.717, 1.165) is 0 Å². The van der Waals surface area contributed by atoms with Crippen molar-refractivity contribution in [2.45, 2.75) is 13.8 Å². The Morgan fingerprint density at radius 3 is 1.06 bits per heavy atom. The molecule has 0 atom stereocenters. The van der Waals surface area contributed by atoms with Crippen LogP contribution in [0.2, 0.25) is 0 Å². The molecule has 16 heavy (non-hydrogen) atoms. The molecule has 0 fully saturated rings. The third-order valence-corrected chi connectivity index (χ3v) is 1.66. The first kappa shape index (κ1) is 17.9. The molecule has 0 amide bonds. The quantitative estimate of drug-likeness (QED) is 0.497. The fourth-order valence-electron chi connectivity index (χ4n) is 0.940. The standard InChI is InChI=1S/2C6H7.C2H5O.Hf/c2*1-6-4-2-3-5-6;1-3-2;/h2*2-5H,1H3;1H2,2H3;/q3*-1;. The molecule has 2 rings (SSSR count). The Bertz CT molecular complexity index is 263. The van der Waals surface area contributed by atoms with Gasteiger partial charge in [-0.1, -0.05) is 13.8 Å². The molecule has 0 spiro atoms. The van der Waals surface area contributed by atoms with Crippen LogP contribution in [0.3, 0.4) is 0 Å². The van der Waals surface area contributed by atoms with E-state index in [2.05, 4.69) is 50.0 Å². The molecule has 2 aromatic rings. The molecule has 0 radical (unpaired) electrons. The number of rotatable bonds is 0. The number of methoxy groups -OCH3 is 1. The molecule has 2 heteroatoms. The van der Waals surface area contributed by atoms with Gasteiger partial charge in [0.25, 0.3) is 0 Å². The topological polar surface area (TPSA) is 9.23 Å². The van der Waals surface area contributed by atoms with Gasteiger partial charge in [-0.25, -0.2) is 31.4 Å². The van der Waals surface area contributed by atoms with Crippen LogP contribution in [0.15, 0.2) is 48.5 Å². The van der Waals surface area contributed by atoms with Crippen LogP contribution < -0.4 is 0 Å². The maximum Gasteiger partial charge on any atom is 0 e. The van der Waals surface area contributed by atoms with Gasteiger partial charge in [-0.05, 0) is 7.11 Å². The van der Waals surface area contributed by atoms with E-state index in [4.69, 9.17) is 0 Å². The second-order valence-electron chi connectivity index (χ2n) is 3.21. The van der Waals surface area contributed by atoms with E-state index >= 15 is 0 Å². The van der Waals surface area contributed by atoms with Gasteiger partial charge in [0.15, 0.2) is 0 Å². The van der Waals surface area contributed by atoms with Gasteiger partial charge in [-0.3, -0.25) is 0 Å². The first-order valence-corrected chi connectivity index (χ1v) is 4.85. The summed E-state index contributed by atoms with van der Waals surface area (Å²) in [5.41, 5.74) is 2.69. The van der Waals surface area contributed by atoms with Crippen molar-refractivity contribution in [3.8, 4) is 0 Å². The van der Waals surface area contributed by atoms with Crippen molar-refractivity contribution >= 4 is 0 Å². The van der Waals surface area contributed by atoms with Gasteiger partial charge < -0.3 is 4.74 Å². The average molecular weight is 382 g/mol. The normalized spacial score (nSPS) is 7.75. The summed E-state index contributed by atoms with van der Waals surface area (Å²) in [6, 6.07) is 16.5. The van der Waals surface area contributed by atoms with Gasteiger partial charge in [-0.15, -0.1) is 0 Å². The monoisotopic (exact) mass is 383 g/mol. The van der Waals surface area contributed by atoms with Crippen LogP contribution in [0.25, 0.3) is 0 Å². The smallest absolute Gasteiger partial charge is 0 e. The Balaban J connectivity index is 0. The molecule has 0 aliphatic rings. The minimum atomic E-state index is 0. The van der Waals surface area contributed by atoms with Gasteiger partial charge in [0.05, 0.1) is 0 Å². The maximum atomic E-state index is 4.00. The molecule has 88 valence electrons. The summed E-state index contributed by atoms with van der Waals surface area (Å²) in [6.45, 7) is 4.17. The Hall–Kier alpha value is -0.470. The van der Waals surface area contributed by atoms with E-state index in [1.54, 1.807) is 0 Å². The minimum absolute atomic E-state index is 0. The molecule has 2 aromatic carbocycles. The summed E-state index contributed by atoms with van der Waals surface area (Å²) in [7, 11) is 4.50. The molecule has 0 heterocycles. The molecule has 0 saturated heterocycles. The number of aryl methyl sites for hydroxylation is 2. The summed E-state index contributed by atoms with van der Waals surface area (Å²) >= 11 is 0. The SMILES string of the molecule is C[c-]1cccc1.C[c-]1cccc1.[CH2-]OC.[Hf]. The molecule has 0 aromatic heterocycles. The minimum Gasteiger partial charge on any atom is -0.557 e. The van der Waals surface area contributed by atoms with E-state index < -0.39 is 0 Å². The number of hydrogen-bond acceptors (Lipinski definition) is 1. The van der Waals surface area contributed by atoms with Gasteiger partial charge in [0.2, 0.25) is 0 Å². The molecule has 1 nitrogen and oxygen atoms in total. The number of ether oxygens (including phenoxy) is 1. The predicted octanol–water partition coefficient (Wildman–Crippen LogP) is 3.85. The van der Waals surface area contributed by atoms with Gasteiger partial charge in [0.1, 0.15) is 0 Å².